The number of ether oxygens (including phenoxy) is 3. The minimum atomic E-state index is -1.58. The Hall–Kier alpha value is -2.95. The summed E-state index contributed by atoms with van der Waals surface area (Å²) in [5.74, 6) is 0.365. The second-order valence-corrected chi connectivity index (χ2v) is 7.18. The topological polar surface area (TPSA) is 139 Å². The molecule has 164 valence electrons. The van der Waals surface area contributed by atoms with Crippen molar-refractivity contribution in [1.82, 2.24) is 0 Å². The predicted molar refractivity (Wildman–Crippen MR) is 108 cm³/mol. The van der Waals surface area contributed by atoms with E-state index in [0.717, 1.165) is 5.56 Å². The summed E-state index contributed by atoms with van der Waals surface area (Å²) in [4.78, 5) is 11.6. The van der Waals surface area contributed by atoms with Crippen molar-refractivity contribution in [2.75, 3.05) is 6.61 Å². The largest absolute Gasteiger partial charge is 0.485 e. The van der Waals surface area contributed by atoms with Crippen LogP contribution in [-0.4, -0.2) is 57.7 Å². The van der Waals surface area contributed by atoms with Gasteiger partial charge in [0.1, 0.15) is 36.6 Å². The highest BCUT2D eigenvalue weighted by Gasteiger charge is 2.45. The maximum atomic E-state index is 11.6. The van der Waals surface area contributed by atoms with Gasteiger partial charge < -0.3 is 39.1 Å². The van der Waals surface area contributed by atoms with Crippen LogP contribution in [0, 0.1) is 0 Å². The Morgan fingerprint density at radius 1 is 0.903 bits per heavy atom. The number of benzene rings is 2. The number of hydrogen-bond donors (Lipinski definition) is 4. The van der Waals surface area contributed by atoms with Crippen molar-refractivity contribution in [2.45, 2.75) is 37.3 Å². The van der Waals surface area contributed by atoms with Gasteiger partial charge in [-0.2, -0.15) is 0 Å². The Labute approximate surface area is 176 Å². The Morgan fingerprint density at radius 2 is 1.68 bits per heavy atom. The van der Waals surface area contributed by atoms with E-state index in [0.29, 0.717) is 5.39 Å². The highest BCUT2D eigenvalue weighted by Crippen LogP contribution is 2.35. The molecule has 0 amide bonds. The molecule has 4 N–H and O–H groups in total. The van der Waals surface area contributed by atoms with Gasteiger partial charge in [0.25, 0.3) is 0 Å². The van der Waals surface area contributed by atoms with Crippen LogP contribution in [-0.2, 0) is 11.3 Å². The third-order valence-electron chi connectivity index (χ3n) is 5.01. The molecule has 1 fully saturated rings. The normalized spacial score (nSPS) is 26.0. The van der Waals surface area contributed by atoms with Gasteiger partial charge in [0.15, 0.2) is 11.5 Å². The van der Waals surface area contributed by atoms with Gasteiger partial charge >= 0.3 is 5.63 Å². The first kappa shape index (κ1) is 21.3. The zero-order chi connectivity index (χ0) is 22.0. The summed E-state index contributed by atoms with van der Waals surface area (Å²) in [7, 11) is 0. The minimum Gasteiger partial charge on any atom is -0.485 e. The molecule has 3 aromatic rings. The van der Waals surface area contributed by atoms with Crippen molar-refractivity contribution in [2.24, 2.45) is 0 Å². The van der Waals surface area contributed by atoms with Crippen LogP contribution in [0.15, 0.2) is 63.8 Å². The summed E-state index contributed by atoms with van der Waals surface area (Å²) >= 11 is 0. The molecule has 4 rings (SSSR count). The summed E-state index contributed by atoms with van der Waals surface area (Å²) in [6.07, 6.45) is -7.16. The highest BCUT2D eigenvalue weighted by molar-refractivity contribution is 5.80. The van der Waals surface area contributed by atoms with Gasteiger partial charge in [-0.1, -0.05) is 30.3 Å². The molecule has 1 aliphatic heterocycles. The summed E-state index contributed by atoms with van der Waals surface area (Å²) in [5.41, 5.74) is 0.636. The first-order valence-electron chi connectivity index (χ1n) is 9.68. The molecule has 1 aliphatic rings. The van der Waals surface area contributed by atoms with Gasteiger partial charge in [-0.15, -0.1) is 0 Å². The van der Waals surface area contributed by atoms with Gasteiger partial charge in [0.05, 0.1) is 6.61 Å². The lowest BCUT2D eigenvalue weighted by Gasteiger charge is -2.39. The molecule has 1 saturated heterocycles. The minimum absolute atomic E-state index is 0.154. The van der Waals surface area contributed by atoms with Crippen LogP contribution in [0.25, 0.3) is 11.0 Å². The standard InChI is InChI=1S/C22H22O9/c23-10-17-19(25)20(26)21(27)22(31-17)30-16-8-13-6-7-18(24)29-14(13)9-15(16)28-11-12-4-2-1-3-5-12/h1-9,17,19-23,25-27H,10-11H2/t17-,19-,20+,21-,22-/m1/s1. The molecular weight excluding hydrogens is 408 g/mol. The lowest BCUT2D eigenvalue weighted by atomic mass is 9.99. The number of hydrogen-bond acceptors (Lipinski definition) is 9. The second kappa shape index (κ2) is 9.04. The van der Waals surface area contributed by atoms with Crippen molar-refractivity contribution >= 4 is 11.0 Å². The number of fused-ring (bicyclic) bond motifs is 1. The summed E-state index contributed by atoms with van der Waals surface area (Å²) in [6.45, 7) is -0.389. The van der Waals surface area contributed by atoms with Gasteiger partial charge in [-0.25, -0.2) is 4.79 Å². The Balaban J connectivity index is 1.66. The van der Waals surface area contributed by atoms with Crippen molar-refractivity contribution in [3.05, 3.63) is 70.6 Å². The van der Waals surface area contributed by atoms with Crippen LogP contribution >= 0.6 is 0 Å². The molecular formula is C22H22O9. The van der Waals surface area contributed by atoms with Crippen molar-refractivity contribution < 1.29 is 39.1 Å². The molecule has 2 heterocycles. The zero-order valence-electron chi connectivity index (χ0n) is 16.3. The van der Waals surface area contributed by atoms with E-state index in [4.69, 9.17) is 18.6 Å². The Morgan fingerprint density at radius 3 is 2.42 bits per heavy atom. The van der Waals surface area contributed by atoms with E-state index in [1.807, 2.05) is 30.3 Å². The third kappa shape index (κ3) is 4.55. The van der Waals surface area contributed by atoms with E-state index in [9.17, 15) is 25.2 Å². The van der Waals surface area contributed by atoms with Crippen LogP contribution < -0.4 is 15.1 Å². The summed E-state index contributed by atoms with van der Waals surface area (Å²) < 4.78 is 22.3. The lowest BCUT2D eigenvalue weighted by molar-refractivity contribution is -0.277. The molecule has 31 heavy (non-hydrogen) atoms. The van der Waals surface area contributed by atoms with Crippen molar-refractivity contribution in [3.63, 3.8) is 0 Å². The molecule has 9 nitrogen and oxygen atoms in total. The second-order valence-electron chi connectivity index (χ2n) is 7.18. The molecule has 0 bridgehead atoms. The quantitative estimate of drug-likeness (QED) is 0.413. The SMILES string of the molecule is O=c1ccc2cc(O[C@@H]3O[C@H](CO)[C@@H](O)[C@H](O)[C@H]3O)c(OCc3ccccc3)cc2o1. The molecule has 0 unspecified atom stereocenters. The molecule has 0 saturated carbocycles. The van der Waals surface area contributed by atoms with Gasteiger partial charge in [0.2, 0.25) is 6.29 Å². The molecule has 0 aliphatic carbocycles. The Kier molecular flexibility index (Phi) is 6.21. The highest BCUT2D eigenvalue weighted by atomic mass is 16.7. The maximum Gasteiger partial charge on any atom is 0.336 e. The first-order valence-corrected chi connectivity index (χ1v) is 9.68. The van der Waals surface area contributed by atoms with Gasteiger partial charge in [0, 0.05) is 17.5 Å². The molecule has 1 aromatic heterocycles. The monoisotopic (exact) mass is 430 g/mol. The Bertz CT molecular complexity index is 1080. The van der Waals surface area contributed by atoms with E-state index in [1.165, 1.54) is 12.1 Å². The fraction of sp³-hybridized carbons (Fsp3) is 0.318. The molecule has 5 atom stereocenters. The fourth-order valence-electron chi connectivity index (χ4n) is 3.31. The average molecular weight is 430 g/mol. The van der Waals surface area contributed by atoms with Crippen LogP contribution in [0.3, 0.4) is 0 Å². The smallest absolute Gasteiger partial charge is 0.336 e. The summed E-state index contributed by atoms with van der Waals surface area (Å²) in [6, 6.07) is 15.2. The van der Waals surface area contributed by atoms with Crippen molar-refractivity contribution in [3.8, 4) is 11.5 Å². The van der Waals surface area contributed by atoms with E-state index >= 15 is 0 Å². The first-order chi connectivity index (χ1) is 15.0. The van der Waals surface area contributed by atoms with Gasteiger partial charge in [-0.3, -0.25) is 0 Å². The predicted octanol–water partition coefficient (Wildman–Crippen LogP) is 0.551. The lowest BCUT2D eigenvalue weighted by Crippen LogP contribution is -2.60. The van der Waals surface area contributed by atoms with Gasteiger partial charge in [-0.05, 0) is 17.7 Å². The van der Waals surface area contributed by atoms with Crippen molar-refractivity contribution in [1.29, 1.82) is 0 Å². The number of aliphatic hydroxyl groups is 4. The third-order valence-corrected chi connectivity index (χ3v) is 5.01. The van der Waals surface area contributed by atoms with Crippen LogP contribution in [0.4, 0.5) is 0 Å². The molecule has 0 radical (unpaired) electrons. The average Bonchev–Trinajstić information content (AvgIpc) is 2.78. The number of rotatable bonds is 6. The molecule has 2 aromatic carbocycles. The molecule has 9 heteroatoms. The zero-order valence-corrected chi connectivity index (χ0v) is 16.3. The van der Waals surface area contributed by atoms with E-state index < -0.39 is 42.9 Å². The van der Waals surface area contributed by atoms with Crippen LogP contribution in [0.2, 0.25) is 0 Å². The molecule has 0 spiro atoms. The number of aliphatic hydroxyl groups excluding tert-OH is 4. The maximum absolute atomic E-state index is 11.6. The summed E-state index contributed by atoms with van der Waals surface area (Å²) in [5, 5.41) is 40.2. The van der Waals surface area contributed by atoms with Crippen LogP contribution in [0.1, 0.15) is 5.56 Å². The van der Waals surface area contributed by atoms with E-state index in [2.05, 4.69) is 0 Å². The fourth-order valence-corrected chi connectivity index (χ4v) is 3.31. The van der Waals surface area contributed by atoms with E-state index in [-0.39, 0.29) is 23.7 Å². The van der Waals surface area contributed by atoms with Crippen LogP contribution in [0.5, 0.6) is 11.5 Å². The van der Waals surface area contributed by atoms with E-state index in [1.54, 1.807) is 12.1 Å².